The van der Waals surface area contributed by atoms with Gasteiger partial charge in [0.2, 0.25) is 0 Å². The number of carbonyl (C=O) groups is 2. The maximum Gasteiger partial charge on any atom is 0.348 e. The summed E-state index contributed by atoms with van der Waals surface area (Å²) in [4.78, 5) is 27.0. The van der Waals surface area contributed by atoms with Crippen molar-refractivity contribution in [3.05, 3.63) is 44.9 Å². The third-order valence-electron chi connectivity index (χ3n) is 2.36. The van der Waals surface area contributed by atoms with Crippen LogP contribution in [0.1, 0.15) is 25.7 Å². The van der Waals surface area contributed by atoms with Crippen LogP contribution in [-0.2, 0) is 0 Å². The fourth-order valence-corrected chi connectivity index (χ4v) is 2.47. The Morgan fingerprint density at radius 1 is 1.47 bits per heavy atom. The van der Waals surface area contributed by atoms with Gasteiger partial charge in [0.15, 0.2) is 0 Å². The van der Waals surface area contributed by atoms with Gasteiger partial charge in [-0.3, -0.25) is 9.78 Å². The molecule has 0 aliphatic carbocycles. The summed E-state index contributed by atoms with van der Waals surface area (Å²) in [5.74, 6) is -1.57. The lowest BCUT2D eigenvalue weighted by atomic mass is 10.2. The van der Waals surface area contributed by atoms with Crippen molar-refractivity contribution in [2.45, 2.75) is 6.92 Å². The van der Waals surface area contributed by atoms with Crippen molar-refractivity contribution in [3.8, 4) is 0 Å². The van der Waals surface area contributed by atoms with Gasteiger partial charge in [-0.2, -0.15) is 0 Å². The van der Waals surface area contributed by atoms with Crippen LogP contribution in [0, 0.1) is 6.92 Å². The third kappa shape index (κ3) is 2.91. The highest BCUT2D eigenvalue weighted by molar-refractivity contribution is 7.12. The lowest BCUT2D eigenvalue weighted by molar-refractivity contribution is 0.0703. The van der Waals surface area contributed by atoms with Crippen molar-refractivity contribution in [3.63, 3.8) is 0 Å². The summed E-state index contributed by atoms with van der Waals surface area (Å²) in [6.45, 7) is 1.73. The fraction of sp³-hybridized carbons (Fsp3) is 0.0833. The Bertz CT molecular complexity index is 654. The highest BCUT2D eigenvalue weighted by Gasteiger charge is 2.18. The molecule has 1 amide bonds. The Hall–Kier alpha value is -1.92. The second-order valence-corrected chi connectivity index (χ2v) is 5.06. The largest absolute Gasteiger partial charge is 0.477 e. The minimum Gasteiger partial charge on any atom is -0.477 e. The van der Waals surface area contributed by atoms with E-state index in [0.29, 0.717) is 16.3 Å². The van der Waals surface area contributed by atoms with Gasteiger partial charge < -0.3 is 10.4 Å². The van der Waals surface area contributed by atoms with Crippen LogP contribution < -0.4 is 5.32 Å². The molecule has 0 aliphatic rings. The zero-order chi connectivity index (χ0) is 14.0. The highest BCUT2D eigenvalue weighted by Crippen LogP contribution is 2.28. The fourth-order valence-electron chi connectivity index (χ4n) is 1.46. The van der Waals surface area contributed by atoms with Gasteiger partial charge in [0, 0.05) is 11.2 Å². The van der Waals surface area contributed by atoms with Gasteiger partial charge in [-0.05, 0) is 30.0 Å². The quantitative estimate of drug-likeness (QED) is 0.912. The van der Waals surface area contributed by atoms with E-state index in [1.54, 1.807) is 18.4 Å². The molecule has 0 atom stereocenters. The predicted octanol–water partition coefficient (Wildman–Crippen LogP) is 3.06. The molecule has 5 nitrogen and oxygen atoms in total. The average molecular weight is 297 g/mol. The molecule has 2 N–H and O–H groups in total. The zero-order valence-electron chi connectivity index (χ0n) is 9.81. The minimum absolute atomic E-state index is 0.0906. The smallest absolute Gasteiger partial charge is 0.348 e. The van der Waals surface area contributed by atoms with Crippen LogP contribution in [0.4, 0.5) is 5.69 Å². The van der Waals surface area contributed by atoms with E-state index in [4.69, 9.17) is 16.7 Å². The van der Waals surface area contributed by atoms with Crippen LogP contribution in [0.3, 0.4) is 0 Å². The van der Waals surface area contributed by atoms with E-state index in [1.807, 2.05) is 0 Å². The summed E-state index contributed by atoms with van der Waals surface area (Å²) in [6, 6.07) is 2.97. The maximum absolute atomic E-state index is 12.0. The van der Waals surface area contributed by atoms with Gasteiger partial charge in [-0.15, -0.1) is 11.3 Å². The van der Waals surface area contributed by atoms with E-state index in [9.17, 15) is 9.59 Å². The number of aromatic nitrogens is 1. The topological polar surface area (TPSA) is 79.3 Å². The number of aromatic carboxylic acids is 1. The van der Waals surface area contributed by atoms with Gasteiger partial charge >= 0.3 is 5.97 Å². The number of nitrogens with zero attached hydrogens (tertiary/aromatic N) is 1. The lowest BCUT2D eigenvalue weighted by Crippen LogP contribution is -2.15. The van der Waals surface area contributed by atoms with Crippen LogP contribution in [-0.4, -0.2) is 22.0 Å². The Morgan fingerprint density at radius 3 is 2.84 bits per heavy atom. The second-order valence-electron chi connectivity index (χ2n) is 3.74. The van der Waals surface area contributed by atoms with Gasteiger partial charge in [0.25, 0.3) is 5.91 Å². The summed E-state index contributed by atoms with van der Waals surface area (Å²) in [6.07, 6.45) is 1.41. The number of rotatable bonds is 3. The van der Waals surface area contributed by atoms with Crippen LogP contribution in [0.25, 0.3) is 0 Å². The number of pyridine rings is 1. The summed E-state index contributed by atoms with van der Waals surface area (Å²) < 4.78 is 0. The van der Waals surface area contributed by atoms with E-state index in [0.717, 1.165) is 11.3 Å². The molecule has 0 spiro atoms. The molecule has 19 heavy (non-hydrogen) atoms. The zero-order valence-corrected chi connectivity index (χ0v) is 11.4. The Kier molecular flexibility index (Phi) is 3.82. The number of anilines is 1. The molecule has 98 valence electrons. The molecular formula is C12H9ClN2O3S. The monoisotopic (exact) mass is 296 g/mol. The number of thiophene rings is 1. The van der Waals surface area contributed by atoms with Gasteiger partial charge in [0.05, 0.1) is 5.69 Å². The standard InChI is InChI=1S/C12H9ClN2O3S/c1-6-5-19-10(12(17)18)9(6)15-11(16)8-4-7(13)2-3-14-8/h2-5H,1H3,(H,15,16)(H,17,18). The molecule has 0 aliphatic heterocycles. The average Bonchev–Trinajstić information content (AvgIpc) is 2.71. The molecule has 2 rings (SSSR count). The van der Waals surface area contributed by atoms with Crippen LogP contribution >= 0.6 is 22.9 Å². The predicted molar refractivity (Wildman–Crippen MR) is 73.2 cm³/mol. The first-order valence-electron chi connectivity index (χ1n) is 5.23. The summed E-state index contributed by atoms with van der Waals surface area (Å²) in [5, 5.41) is 13.6. The van der Waals surface area contributed by atoms with Crippen molar-refractivity contribution in [2.24, 2.45) is 0 Å². The van der Waals surface area contributed by atoms with Crippen molar-refractivity contribution in [2.75, 3.05) is 5.32 Å². The molecule has 2 aromatic rings. The molecule has 7 heteroatoms. The molecule has 0 bridgehead atoms. The van der Waals surface area contributed by atoms with Crippen LogP contribution in [0.5, 0.6) is 0 Å². The van der Waals surface area contributed by atoms with Crippen molar-refractivity contribution >= 4 is 40.5 Å². The second kappa shape index (κ2) is 5.38. The number of hydrogen-bond donors (Lipinski definition) is 2. The van der Waals surface area contributed by atoms with E-state index < -0.39 is 11.9 Å². The first-order valence-corrected chi connectivity index (χ1v) is 6.49. The third-order valence-corrected chi connectivity index (χ3v) is 3.68. The first kappa shape index (κ1) is 13.5. The Balaban J connectivity index is 2.29. The number of carbonyl (C=O) groups excluding carboxylic acids is 1. The number of amides is 1. The van der Waals surface area contributed by atoms with Crippen LogP contribution in [0.2, 0.25) is 5.02 Å². The number of carboxylic acids is 1. The van der Waals surface area contributed by atoms with E-state index in [1.165, 1.54) is 12.3 Å². The van der Waals surface area contributed by atoms with Gasteiger partial charge in [-0.1, -0.05) is 11.6 Å². The molecule has 0 saturated carbocycles. The Labute approximate surface area is 117 Å². The molecule has 0 unspecified atom stereocenters. The van der Waals surface area contributed by atoms with Gasteiger partial charge in [0.1, 0.15) is 10.6 Å². The SMILES string of the molecule is Cc1csc(C(=O)O)c1NC(=O)c1cc(Cl)ccn1. The normalized spacial score (nSPS) is 10.2. The number of carboxylic acid groups (broad SMARTS) is 1. The molecule has 0 radical (unpaired) electrons. The molecule has 0 saturated heterocycles. The number of nitrogens with one attached hydrogen (secondary N) is 1. The van der Waals surface area contributed by atoms with Crippen molar-refractivity contribution in [1.82, 2.24) is 4.98 Å². The molecule has 0 aromatic carbocycles. The molecular weight excluding hydrogens is 288 g/mol. The van der Waals surface area contributed by atoms with Crippen molar-refractivity contribution < 1.29 is 14.7 Å². The maximum atomic E-state index is 12.0. The minimum atomic E-state index is -1.08. The number of hydrogen-bond acceptors (Lipinski definition) is 4. The number of aryl methyl sites for hydroxylation is 1. The molecule has 2 aromatic heterocycles. The first-order chi connectivity index (χ1) is 8.99. The van der Waals surface area contributed by atoms with E-state index in [2.05, 4.69) is 10.3 Å². The number of halogens is 1. The summed E-state index contributed by atoms with van der Waals surface area (Å²) in [7, 11) is 0. The van der Waals surface area contributed by atoms with E-state index >= 15 is 0 Å². The van der Waals surface area contributed by atoms with Crippen molar-refractivity contribution in [1.29, 1.82) is 0 Å². The molecule has 2 heterocycles. The highest BCUT2D eigenvalue weighted by atomic mass is 35.5. The van der Waals surface area contributed by atoms with E-state index in [-0.39, 0.29) is 10.6 Å². The van der Waals surface area contributed by atoms with Crippen LogP contribution in [0.15, 0.2) is 23.7 Å². The molecule has 0 fully saturated rings. The summed E-state index contributed by atoms with van der Waals surface area (Å²) in [5.41, 5.74) is 1.12. The lowest BCUT2D eigenvalue weighted by Gasteiger charge is -2.05. The summed E-state index contributed by atoms with van der Waals surface area (Å²) >= 11 is 6.84. The Morgan fingerprint density at radius 2 is 2.21 bits per heavy atom. The van der Waals surface area contributed by atoms with Gasteiger partial charge in [-0.25, -0.2) is 4.79 Å².